The summed E-state index contributed by atoms with van der Waals surface area (Å²) in [6, 6.07) is 21.6. The van der Waals surface area contributed by atoms with Crippen LogP contribution in [0, 0.1) is 13.8 Å². The Morgan fingerprint density at radius 2 is 1.77 bits per heavy atom. The highest BCUT2D eigenvalue weighted by atomic mass is 35.5. The van der Waals surface area contributed by atoms with E-state index >= 15 is 0 Å². The van der Waals surface area contributed by atoms with Crippen LogP contribution in [0.3, 0.4) is 0 Å². The minimum atomic E-state index is -0.646. The number of hydrogen-bond acceptors (Lipinski definition) is 5. The van der Waals surface area contributed by atoms with Crippen LogP contribution in [0.4, 0.5) is 0 Å². The SMILES string of the molecule is COC(=O)C1=C(C)N=c2s/c(=C\c3c(C)n(Cc4ccccc4Cl)c4c(C)cccc34)c(=O)n2[C@H]1c1ccc(C(C)C)cc1. The van der Waals surface area contributed by atoms with Crippen LogP contribution in [0.2, 0.25) is 5.02 Å². The number of aryl methyl sites for hydroxylation is 1. The van der Waals surface area contributed by atoms with Crippen LogP contribution < -0.4 is 14.9 Å². The molecule has 0 unspecified atom stereocenters. The van der Waals surface area contributed by atoms with E-state index in [-0.39, 0.29) is 5.56 Å². The molecular weight excluding hydrogens is 590 g/mol. The minimum absolute atomic E-state index is 0.195. The molecule has 0 spiro atoms. The van der Waals surface area contributed by atoms with Crippen LogP contribution >= 0.6 is 22.9 Å². The summed E-state index contributed by atoms with van der Waals surface area (Å²) in [6.45, 7) is 10.9. The lowest BCUT2D eigenvalue weighted by molar-refractivity contribution is -0.136. The van der Waals surface area contributed by atoms with Gasteiger partial charge in [0.25, 0.3) is 5.56 Å². The number of rotatable bonds is 6. The zero-order valence-corrected chi connectivity index (χ0v) is 27.2. The number of hydrogen-bond donors (Lipinski definition) is 0. The van der Waals surface area contributed by atoms with E-state index < -0.39 is 12.0 Å². The average Bonchev–Trinajstić information content (AvgIpc) is 3.46. The molecule has 0 saturated heterocycles. The van der Waals surface area contributed by atoms with Gasteiger partial charge in [-0.2, -0.15) is 0 Å². The Labute approximate surface area is 265 Å². The van der Waals surface area contributed by atoms with Crippen LogP contribution in [0.5, 0.6) is 0 Å². The van der Waals surface area contributed by atoms with Gasteiger partial charge in [0.15, 0.2) is 4.80 Å². The molecule has 224 valence electrons. The van der Waals surface area contributed by atoms with Crippen molar-refractivity contribution >= 4 is 45.9 Å². The highest BCUT2D eigenvalue weighted by molar-refractivity contribution is 7.07. The summed E-state index contributed by atoms with van der Waals surface area (Å²) in [4.78, 5) is 32.6. The maximum atomic E-state index is 14.3. The van der Waals surface area contributed by atoms with Crippen molar-refractivity contribution in [2.24, 2.45) is 4.99 Å². The van der Waals surface area contributed by atoms with Crippen molar-refractivity contribution < 1.29 is 9.53 Å². The number of para-hydroxylation sites is 1. The summed E-state index contributed by atoms with van der Waals surface area (Å²) < 4.78 is 9.64. The number of carbonyl (C=O) groups is 1. The van der Waals surface area contributed by atoms with Crippen LogP contribution in [0.1, 0.15) is 66.2 Å². The van der Waals surface area contributed by atoms with Gasteiger partial charge in [0.05, 0.1) is 34.5 Å². The van der Waals surface area contributed by atoms with Crippen molar-refractivity contribution in [2.45, 2.75) is 53.1 Å². The van der Waals surface area contributed by atoms with Gasteiger partial charge in [0.2, 0.25) is 0 Å². The topological polar surface area (TPSA) is 65.6 Å². The Hall–Kier alpha value is -4.20. The molecule has 0 amide bonds. The molecule has 6 nitrogen and oxygen atoms in total. The summed E-state index contributed by atoms with van der Waals surface area (Å²) in [5, 5.41) is 1.78. The molecule has 5 aromatic rings. The Balaban J connectivity index is 1.57. The Bertz CT molecular complexity index is 2150. The zero-order chi connectivity index (χ0) is 31.3. The number of thiazole rings is 1. The fraction of sp³-hybridized carbons (Fsp3) is 0.250. The van der Waals surface area contributed by atoms with Crippen molar-refractivity contribution in [2.75, 3.05) is 7.11 Å². The van der Waals surface area contributed by atoms with Gasteiger partial charge in [-0.05, 0) is 61.1 Å². The predicted molar refractivity (Wildman–Crippen MR) is 178 cm³/mol. The van der Waals surface area contributed by atoms with E-state index in [1.807, 2.05) is 48.5 Å². The summed E-state index contributed by atoms with van der Waals surface area (Å²) in [5.74, 6) is -0.136. The molecule has 0 bridgehead atoms. The summed E-state index contributed by atoms with van der Waals surface area (Å²) in [5.41, 5.74) is 8.02. The molecule has 0 N–H and O–H groups in total. The van der Waals surface area contributed by atoms with Gasteiger partial charge in [-0.3, -0.25) is 9.36 Å². The number of methoxy groups -OCH3 is 1. The first kappa shape index (κ1) is 29.9. The standard InChI is InChI=1S/C36H34ClN3O3S/c1-20(2)24-14-16-25(17-15-24)33-31(35(42)43-6)22(4)38-36-40(33)34(41)30(44-36)18-28-23(5)39(19-26-11-7-8-13-29(26)37)32-21(3)10-9-12-27(28)32/h7-18,20,33H,19H2,1-6H3/b30-18-/t33-/m0/s1. The second-order valence-corrected chi connectivity index (χ2v) is 13.0. The highest BCUT2D eigenvalue weighted by Gasteiger charge is 2.33. The maximum Gasteiger partial charge on any atom is 0.338 e. The van der Waals surface area contributed by atoms with Crippen LogP contribution in [-0.4, -0.2) is 22.2 Å². The van der Waals surface area contributed by atoms with Gasteiger partial charge < -0.3 is 9.30 Å². The Morgan fingerprint density at radius 1 is 1.05 bits per heavy atom. The first-order valence-corrected chi connectivity index (χ1v) is 15.8. The van der Waals surface area contributed by atoms with Gasteiger partial charge in [0, 0.05) is 28.2 Å². The van der Waals surface area contributed by atoms with Crippen molar-refractivity contribution in [3.05, 3.63) is 136 Å². The number of fused-ring (bicyclic) bond motifs is 2. The molecule has 0 saturated carbocycles. The van der Waals surface area contributed by atoms with Crippen LogP contribution in [0.15, 0.2) is 87.8 Å². The van der Waals surface area contributed by atoms with E-state index in [1.54, 1.807) is 11.5 Å². The van der Waals surface area contributed by atoms with E-state index in [4.69, 9.17) is 21.3 Å². The Kier molecular flexibility index (Phi) is 7.95. The van der Waals surface area contributed by atoms with Gasteiger partial charge in [-0.15, -0.1) is 0 Å². The third-order valence-electron chi connectivity index (χ3n) is 8.50. The average molecular weight is 624 g/mol. The summed E-state index contributed by atoms with van der Waals surface area (Å²) in [6.07, 6.45) is 1.97. The van der Waals surface area contributed by atoms with E-state index in [9.17, 15) is 9.59 Å². The molecule has 1 atom stereocenters. The quantitative estimate of drug-likeness (QED) is 0.195. The molecule has 1 aliphatic rings. The molecule has 8 heteroatoms. The third kappa shape index (κ3) is 5.04. The second-order valence-electron chi connectivity index (χ2n) is 11.5. The van der Waals surface area contributed by atoms with Crippen molar-refractivity contribution in [3.8, 4) is 0 Å². The highest BCUT2D eigenvalue weighted by Crippen LogP contribution is 2.33. The predicted octanol–water partition coefficient (Wildman–Crippen LogP) is 6.80. The number of allylic oxidation sites excluding steroid dienone is 1. The molecule has 3 heterocycles. The molecule has 0 aliphatic carbocycles. The number of esters is 1. The van der Waals surface area contributed by atoms with Crippen LogP contribution in [-0.2, 0) is 16.1 Å². The number of nitrogens with zero attached hydrogens (tertiary/aromatic N) is 3. The van der Waals surface area contributed by atoms with E-state index in [0.29, 0.717) is 33.1 Å². The molecule has 1 aliphatic heterocycles. The molecular formula is C36H34ClN3O3S. The molecule has 44 heavy (non-hydrogen) atoms. The van der Waals surface area contributed by atoms with Gasteiger partial charge in [-0.25, -0.2) is 9.79 Å². The van der Waals surface area contributed by atoms with Crippen molar-refractivity contribution in [1.82, 2.24) is 9.13 Å². The fourth-order valence-electron chi connectivity index (χ4n) is 6.12. The number of ether oxygens (including phenoxy) is 1. The third-order valence-corrected chi connectivity index (χ3v) is 9.85. The second kappa shape index (κ2) is 11.7. The monoisotopic (exact) mass is 623 g/mol. The van der Waals surface area contributed by atoms with Gasteiger partial charge >= 0.3 is 5.97 Å². The first-order valence-electron chi connectivity index (χ1n) is 14.6. The smallest absolute Gasteiger partial charge is 0.338 e. The van der Waals surface area contributed by atoms with Crippen LogP contribution in [0.25, 0.3) is 17.0 Å². The van der Waals surface area contributed by atoms with Crippen molar-refractivity contribution in [1.29, 1.82) is 0 Å². The minimum Gasteiger partial charge on any atom is -0.466 e. The summed E-state index contributed by atoms with van der Waals surface area (Å²) in [7, 11) is 1.36. The van der Waals surface area contributed by atoms with Crippen molar-refractivity contribution in [3.63, 3.8) is 0 Å². The van der Waals surface area contributed by atoms with Gasteiger partial charge in [0.1, 0.15) is 0 Å². The largest absolute Gasteiger partial charge is 0.466 e. The lowest BCUT2D eigenvalue weighted by Gasteiger charge is -2.24. The maximum absolute atomic E-state index is 14.3. The molecule has 3 aromatic carbocycles. The first-order chi connectivity index (χ1) is 21.1. The number of aromatic nitrogens is 2. The lowest BCUT2D eigenvalue weighted by atomic mass is 9.93. The fourth-order valence-corrected chi connectivity index (χ4v) is 7.35. The van der Waals surface area contributed by atoms with E-state index in [2.05, 4.69) is 56.5 Å². The zero-order valence-electron chi connectivity index (χ0n) is 25.6. The van der Waals surface area contributed by atoms with Gasteiger partial charge in [-0.1, -0.05) is 97.4 Å². The number of benzene rings is 3. The van der Waals surface area contributed by atoms with E-state index in [1.165, 1.54) is 24.0 Å². The summed E-state index contributed by atoms with van der Waals surface area (Å²) >= 11 is 7.90. The molecule has 0 radical (unpaired) electrons. The number of carbonyl (C=O) groups excluding carboxylic acids is 1. The lowest BCUT2D eigenvalue weighted by Crippen LogP contribution is -2.39. The molecule has 0 fully saturated rings. The molecule has 2 aromatic heterocycles. The van der Waals surface area contributed by atoms with E-state index in [0.717, 1.165) is 43.9 Å². The Morgan fingerprint density at radius 3 is 2.45 bits per heavy atom. The number of halogens is 1. The normalized spacial score (nSPS) is 15.2. The molecule has 6 rings (SSSR count).